The van der Waals surface area contributed by atoms with Gasteiger partial charge in [0.2, 0.25) is 0 Å². The van der Waals surface area contributed by atoms with Crippen molar-refractivity contribution in [2.45, 2.75) is 26.4 Å². The van der Waals surface area contributed by atoms with Crippen LogP contribution >= 0.6 is 0 Å². The first-order valence-electron chi connectivity index (χ1n) is 7.83. The summed E-state index contributed by atoms with van der Waals surface area (Å²) in [6.45, 7) is 4.50. The van der Waals surface area contributed by atoms with E-state index in [1.54, 1.807) is 6.07 Å². The van der Waals surface area contributed by atoms with Crippen LogP contribution < -0.4 is 5.32 Å². The van der Waals surface area contributed by atoms with E-state index in [9.17, 15) is 8.78 Å². The van der Waals surface area contributed by atoms with Crippen molar-refractivity contribution in [2.24, 2.45) is 0 Å². The average Bonchev–Trinajstić information content (AvgIpc) is 2.98. The number of rotatable bonds is 5. The largest absolute Gasteiger partial charge is 0.306 e. The van der Waals surface area contributed by atoms with E-state index in [0.29, 0.717) is 12.1 Å². The number of nitrogens with zero attached hydrogens (tertiary/aromatic N) is 2. The highest BCUT2D eigenvalue weighted by Gasteiger charge is 2.14. The molecule has 24 heavy (non-hydrogen) atoms. The van der Waals surface area contributed by atoms with Crippen molar-refractivity contribution >= 4 is 0 Å². The molecular formula is C19H19F2N3. The molecule has 1 N–H and O–H groups in total. The molecule has 1 aromatic heterocycles. The molecule has 0 saturated heterocycles. The Morgan fingerprint density at radius 3 is 2.54 bits per heavy atom. The van der Waals surface area contributed by atoms with Crippen LogP contribution in [0.25, 0.3) is 5.69 Å². The van der Waals surface area contributed by atoms with Crippen molar-refractivity contribution in [1.29, 1.82) is 0 Å². The standard InChI is InChI=1S/C19H19F2N3/c1-13(22-11-15-8-9-18(20)19(21)10-15)17-12-23-24(14(17)2)16-6-4-3-5-7-16/h3-10,12-13,22H,11H2,1-2H3/t13-/m1/s1. The monoisotopic (exact) mass is 327 g/mol. The van der Waals surface area contributed by atoms with Crippen LogP contribution in [0.3, 0.4) is 0 Å². The fourth-order valence-electron chi connectivity index (χ4n) is 2.71. The molecule has 3 nitrogen and oxygen atoms in total. The minimum Gasteiger partial charge on any atom is -0.306 e. The second-order valence-electron chi connectivity index (χ2n) is 5.78. The van der Waals surface area contributed by atoms with Crippen LogP contribution in [0.15, 0.2) is 54.7 Å². The average molecular weight is 327 g/mol. The number of hydrogen-bond acceptors (Lipinski definition) is 2. The maximum atomic E-state index is 13.3. The van der Waals surface area contributed by atoms with Gasteiger partial charge in [0.25, 0.3) is 0 Å². The molecule has 0 amide bonds. The van der Waals surface area contributed by atoms with Gasteiger partial charge >= 0.3 is 0 Å². The zero-order chi connectivity index (χ0) is 17.1. The molecule has 2 aromatic carbocycles. The van der Waals surface area contributed by atoms with Crippen LogP contribution in [0.4, 0.5) is 8.78 Å². The number of benzene rings is 2. The lowest BCUT2D eigenvalue weighted by atomic mass is 10.1. The molecule has 0 aliphatic rings. The smallest absolute Gasteiger partial charge is 0.159 e. The van der Waals surface area contributed by atoms with E-state index in [0.717, 1.165) is 23.0 Å². The van der Waals surface area contributed by atoms with Gasteiger partial charge in [-0.3, -0.25) is 0 Å². The van der Waals surface area contributed by atoms with Crippen molar-refractivity contribution in [1.82, 2.24) is 15.1 Å². The lowest BCUT2D eigenvalue weighted by Gasteiger charge is -2.14. The summed E-state index contributed by atoms with van der Waals surface area (Å²) in [5.74, 6) is -1.65. The Kier molecular flexibility index (Phi) is 4.71. The predicted octanol–water partition coefficient (Wildman–Crippen LogP) is 4.31. The third-order valence-electron chi connectivity index (χ3n) is 4.11. The SMILES string of the molecule is Cc1c([C@@H](C)NCc2ccc(F)c(F)c2)cnn1-c1ccccc1. The summed E-state index contributed by atoms with van der Waals surface area (Å²) in [5.41, 5.74) is 3.83. The zero-order valence-corrected chi connectivity index (χ0v) is 13.6. The first-order chi connectivity index (χ1) is 11.6. The predicted molar refractivity (Wildman–Crippen MR) is 89.9 cm³/mol. The molecule has 0 aliphatic heterocycles. The van der Waals surface area contributed by atoms with E-state index in [-0.39, 0.29) is 6.04 Å². The Labute approximate surface area is 139 Å². The quantitative estimate of drug-likeness (QED) is 0.757. The fraction of sp³-hybridized carbons (Fsp3) is 0.211. The highest BCUT2D eigenvalue weighted by atomic mass is 19.2. The molecule has 0 unspecified atom stereocenters. The molecule has 124 valence electrons. The Morgan fingerprint density at radius 2 is 1.83 bits per heavy atom. The number of aromatic nitrogens is 2. The topological polar surface area (TPSA) is 29.9 Å². The molecule has 5 heteroatoms. The maximum absolute atomic E-state index is 13.3. The van der Waals surface area contributed by atoms with Gasteiger partial charge in [0.15, 0.2) is 11.6 Å². The molecule has 0 fully saturated rings. The number of halogens is 2. The lowest BCUT2D eigenvalue weighted by Crippen LogP contribution is -2.18. The normalized spacial score (nSPS) is 12.3. The first kappa shape index (κ1) is 16.3. The maximum Gasteiger partial charge on any atom is 0.159 e. The van der Waals surface area contributed by atoms with Crippen molar-refractivity contribution < 1.29 is 8.78 Å². The summed E-state index contributed by atoms with van der Waals surface area (Å²) >= 11 is 0. The minimum atomic E-state index is -0.827. The van der Waals surface area contributed by atoms with E-state index in [1.165, 1.54) is 6.07 Å². The first-order valence-corrected chi connectivity index (χ1v) is 7.83. The molecule has 3 rings (SSSR count). The molecule has 1 heterocycles. The highest BCUT2D eigenvalue weighted by Crippen LogP contribution is 2.20. The van der Waals surface area contributed by atoms with Gasteiger partial charge in [0.1, 0.15) is 0 Å². The Balaban J connectivity index is 1.72. The number of hydrogen-bond donors (Lipinski definition) is 1. The fourth-order valence-corrected chi connectivity index (χ4v) is 2.71. The van der Waals surface area contributed by atoms with Gasteiger partial charge in [-0.05, 0) is 43.7 Å². The molecule has 0 bridgehead atoms. The summed E-state index contributed by atoms with van der Waals surface area (Å²) in [4.78, 5) is 0. The van der Waals surface area contributed by atoms with E-state index >= 15 is 0 Å². The van der Waals surface area contributed by atoms with Gasteiger partial charge in [-0.25, -0.2) is 13.5 Å². The van der Waals surface area contributed by atoms with Gasteiger partial charge < -0.3 is 5.32 Å². The summed E-state index contributed by atoms with van der Waals surface area (Å²) in [6.07, 6.45) is 1.84. The summed E-state index contributed by atoms with van der Waals surface area (Å²) in [5, 5.41) is 7.78. The molecule has 0 radical (unpaired) electrons. The van der Waals surface area contributed by atoms with Crippen LogP contribution in [0.2, 0.25) is 0 Å². The third kappa shape index (κ3) is 3.36. The van der Waals surface area contributed by atoms with E-state index < -0.39 is 11.6 Å². The van der Waals surface area contributed by atoms with E-state index in [2.05, 4.69) is 10.4 Å². The third-order valence-corrected chi connectivity index (χ3v) is 4.11. The second kappa shape index (κ2) is 6.93. The molecule has 1 atom stereocenters. The van der Waals surface area contributed by atoms with Crippen LogP contribution in [0.1, 0.15) is 29.8 Å². The number of nitrogens with one attached hydrogen (secondary N) is 1. The summed E-state index contributed by atoms with van der Waals surface area (Å²) in [7, 11) is 0. The van der Waals surface area contributed by atoms with E-state index in [1.807, 2.05) is 55.1 Å². The van der Waals surface area contributed by atoms with Crippen molar-refractivity contribution in [3.8, 4) is 5.69 Å². The molecule has 3 aromatic rings. The van der Waals surface area contributed by atoms with Crippen molar-refractivity contribution in [3.05, 3.63) is 83.2 Å². The lowest BCUT2D eigenvalue weighted by molar-refractivity contribution is 0.503. The van der Waals surface area contributed by atoms with Crippen molar-refractivity contribution in [3.63, 3.8) is 0 Å². The molecule has 0 aliphatic carbocycles. The van der Waals surface area contributed by atoms with Gasteiger partial charge in [-0.1, -0.05) is 24.3 Å². The van der Waals surface area contributed by atoms with Crippen LogP contribution in [0, 0.1) is 18.6 Å². The molecule has 0 saturated carbocycles. The van der Waals surface area contributed by atoms with Crippen LogP contribution in [-0.2, 0) is 6.54 Å². The van der Waals surface area contributed by atoms with Crippen LogP contribution in [-0.4, -0.2) is 9.78 Å². The van der Waals surface area contributed by atoms with Gasteiger partial charge in [0.05, 0.1) is 11.9 Å². The second-order valence-corrected chi connectivity index (χ2v) is 5.78. The Hall–Kier alpha value is -2.53. The minimum absolute atomic E-state index is 0.0376. The summed E-state index contributed by atoms with van der Waals surface area (Å²) in [6, 6.07) is 13.9. The zero-order valence-electron chi connectivity index (χ0n) is 13.6. The Morgan fingerprint density at radius 1 is 1.08 bits per heavy atom. The van der Waals surface area contributed by atoms with Crippen LogP contribution in [0.5, 0.6) is 0 Å². The number of para-hydroxylation sites is 1. The van der Waals surface area contributed by atoms with Crippen molar-refractivity contribution in [2.75, 3.05) is 0 Å². The summed E-state index contributed by atoms with van der Waals surface area (Å²) < 4.78 is 28.1. The van der Waals surface area contributed by atoms with Gasteiger partial charge in [-0.2, -0.15) is 5.10 Å². The molecular weight excluding hydrogens is 308 g/mol. The van der Waals surface area contributed by atoms with Gasteiger partial charge in [-0.15, -0.1) is 0 Å². The van der Waals surface area contributed by atoms with E-state index in [4.69, 9.17) is 0 Å². The Bertz CT molecular complexity index is 828. The highest BCUT2D eigenvalue weighted by molar-refractivity contribution is 5.35. The molecule has 0 spiro atoms. The van der Waals surface area contributed by atoms with Gasteiger partial charge in [0, 0.05) is 23.8 Å².